The fourth-order valence-corrected chi connectivity index (χ4v) is 7.20. The van der Waals surface area contributed by atoms with E-state index >= 15 is 0 Å². The molecule has 0 aromatic rings. The van der Waals surface area contributed by atoms with Crippen LogP contribution in [0.1, 0.15) is 264 Å². The molecule has 0 amide bonds. The predicted molar refractivity (Wildman–Crippen MR) is 207 cm³/mol. The summed E-state index contributed by atoms with van der Waals surface area (Å²) in [6, 6.07) is 0.336. The Balaban J connectivity index is 3.05. The molecule has 45 heavy (non-hydrogen) atoms. The molecule has 0 heterocycles. The van der Waals surface area contributed by atoms with Crippen molar-refractivity contribution in [1.29, 1.82) is 0 Å². The largest absolute Gasteiger partial charge is 0.330 e. The summed E-state index contributed by atoms with van der Waals surface area (Å²) >= 11 is 0. The topological polar surface area (TPSA) is 52.0 Å². The van der Waals surface area contributed by atoms with Crippen molar-refractivity contribution in [2.45, 2.75) is 270 Å². The summed E-state index contributed by atoms with van der Waals surface area (Å²) in [5.74, 6) is 0. The minimum Gasteiger partial charge on any atom is -0.330 e. The number of unbranched alkanes of at least 4 members (excludes halogenated alkanes) is 37. The van der Waals surface area contributed by atoms with Gasteiger partial charge in [0.1, 0.15) is 0 Å². The lowest BCUT2D eigenvalue weighted by Crippen LogP contribution is -2.23. The minimum absolute atomic E-state index is 0.336. The molecule has 4 N–H and O–H groups in total. The van der Waals surface area contributed by atoms with Crippen LogP contribution in [0.15, 0.2) is 0 Å². The summed E-state index contributed by atoms with van der Waals surface area (Å²) in [4.78, 5) is 0. The lowest BCUT2D eigenvalue weighted by molar-refractivity contribution is 0.502. The Morgan fingerprint density at radius 3 is 0.622 bits per heavy atom. The average Bonchev–Trinajstić information content (AvgIpc) is 3.04. The fourth-order valence-electron chi connectivity index (χ4n) is 7.20. The van der Waals surface area contributed by atoms with Crippen LogP contribution in [0.25, 0.3) is 0 Å². The van der Waals surface area contributed by atoms with Gasteiger partial charge < -0.3 is 11.5 Å². The Hall–Kier alpha value is -0.0800. The molecule has 0 aliphatic rings. The van der Waals surface area contributed by atoms with Gasteiger partial charge in [-0.3, -0.25) is 0 Å². The van der Waals surface area contributed by atoms with Gasteiger partial charge in [0, 0.05) is 6.04 Å². The molecule has 272 valence electrons. The van der Waals surface area contributed by atoms with Crippen LogP contribution in [0.2, 0.25) is 0 Å². The van der Waals surface area contributed by atoms with Crippen LogP contribution < -0.4 is 11.5 Å². The molecule has 0 aliphatic heterocycles. The van der Waals surface area contributed by atoms with Crippen LogP contribution in [0.3, 0.4) is 0 Å². The number of rotatable bonds is 41. The maximum Gasteiger partial charge on any atom is 0.00508 e. The second kappa shape index (κ2) is 41.9. The second-order valence-corrected chi connectivity index (χ2v) is 15.2. The third kappa shape index (κ3) is 41.9. The summed E-state index contributed by atoms with van der Waals surface area (Å²) < 4.78 is 0. The molecule has 2 nitrogen and oxygen atoms in total. The standard InChI is InChI=1S/C43H90N2/c1-2-3-4-5-6-7-8-9-10-11-12-13-14-15-16-17-18-19-20-21-22-23-24-25-26-27-28-29-30-31-32-33-34-35-36-37-38-39-40-43(45)41-42-44/h43H,2-42,44-45H2,1H3. The Bertz CT molecular complexity index is 492. The summed E-state index contributed by atoms with van der Waals surface area (Å²) in [5.41, 5.74) is 11.6. The highest BCUT2D eigenvalue weighted by Crippen LogP contribution is 2.17. The van der Waals surface area contributed by atoms with E-state index in [0.29, 0.717) is 6.04 Å². The van der Waals surface area contributed by atoms with Crippen molar-refractivity contribution in [3.63, 3.8) is 0 Å². The highest BCUT2D eigenvalue weighted by Gasteiger charge is 2.01. The van der Waals surface area contributed by atoms with E-state index in [0.717, 1.165) is 19.4 Å². The van der Waals surface area contributed by atoms with E-state index in [1.165, 1.54) is 244 Å². The van der Waals surface area contributed by atoms with Crippen LogP contribution in [0.4, 0.5) is 0 Å². The van der Waals surface area contributed by atoms with Crippen LogP contribution in [-0.4, -0.2) is 12.6 Å². The highest BCUT2D eigenvalue weighted by atomic mass is 14.6. The van der Waals surface area contributed by atoms with Gasteiger partial charge in [0.15, 0.2) is 0 Å². The van der Waals surface area contributed by atoms with Gasteiger partial charge in [-0.25, -0.2) is 0 Å². The molecular weight excluding hydrogens is 544 g/mol. The maximum atomic E-state index is 6.03. The Morgan fingerprint density at radius 1 is 0.267 bits per heavy atom. The van der Waals surface area contributed by atoms with Crippen molar-refractivity contribution in [3.8, 4) is 0 Å². The van der Waals surface area contributed by atoms with Gasteiger partial charge in [-0.15, -0.1) is 0 Å². The smallest absolute Gasteiger partial charge is 0.00508 e. The minimum atomic E-state index is 0.336. The molecule has 0 rings (SSSR count). The van der Waals surface area contributed by atoms with Gasteiger partial charge in [-0.2, -0.15) is 0 Å². The molecule has 0 saturated heterocycles. The van der Waals surface area contributed by atoms with Crippen molar-refractivity contribution in [2.75, 3.05) is 6.54 Å². The lowest BCUT2D eigenvalue weighted by atomic mass is 10.0. The normalized spacial score (nSPS) is 12.3. The lowest BCUT2D eigenvalue weighted by Gasteiger charge is -2.09. The van der Waals surface area contributed by atoms with E-state index in [4.69, 9.17) is 11.5 Å². The molecule has 0 aromatic heterocycles. The second-order valence-electron chi connectivity index (χ2n) is 15.2. The van der Waals surface area contributed by atoms with Gasteiger partial charge >= 0.3 is 0 Å². The van der Waals surface area contributed by atoms with E-state index in [1.54, 1.807) is 0 Å². The Kier molecular flexibility index (Phi) is 41.9. The van der Waals surface area contributed by atoms with Gasteiger partial charge in [-0.05, 0) is 19.4 Å². The van der Waals surface area contributed by atoms with Crippen molar-refractivity contribution >= 4 is 0 Å². The van der Waals surface area contributed by atoms with Gasteiger partial charge in [0.2, 0.25) is 0 Å². The first-order valence-electron chi connectivity index (χ1n) is 21.8. The van der Waals surface area contributed by atoms with E-state index in [2.05, 4.69) is 6.92 Å². The highest BCUT2D eigenvalue weighted by molar-refractivity contribution is 4.61. The van der Waals surface area contributed by atoms with Gasteiger partial charge in [0.25, 0.3) is 0 Å². The quantitative estimate of drug-likeness (QED) is 0.0657. The van der Waals surface area contributed by atoms with Crippen molar-refractivity contribution < 1.29 is 0 Å². The van der Waals surface area contributed by atoms with Crippen molar-refractivity contribution in [3.05, 3.63) is 0 Å². The molecule has 0 bridgehead atoms. The van der Waals surface area contributed by atoms with E-state index in [1.807, 2.05) is 0 Å². The monoisotopic (exact) mass is 635 g/mol. The van der Waals surface area contributed by atoms with Crippen molar-refractivity contribution in [1.82, 2.24) is 0 Å². The third-order valence-electron chi connectivity index (χ3n) is 10.5. The number of hydrogen-bond donors (Lipinski definition) is 2. The number of nitrogens with two attached hydrogens (primary N) is 2. The Labute approximate surface area is 287 Å². The molecule has 1 atom stereocenters. The molecule has 0 fully saturated rings. The molecule has 2 heteroatoms. The first-order valence-corrected chi connectivity index (χ1v) is 21.8. The number of hydrogen-bond acceptors (Lipinski definition) is 2. The molecule has 0 aromatic carbocycles. The fraction of sp³-hybridized carbons (Fsp3) is 1.00. The predicted octanol–water partition coefficient (Wildman–Crippen LogP) is 14.9. The third-order valence-corrected chi connectivity index (χ3v) is 10.5. The average molecular weight is 635 g/mol. The summed E-state index contributed by atoms with van der Waals surface area (Å²) in [6.45, 7) is 3.05. The molecule has 0 radical (unpaired) electrons. The van der Waals surface area contributed by atoms with E-state index in [-0.39, 0.29) is 0 Å². The van der Waals surface area contributed by atoms with Crippen LogP contribution in [0.5, 0.6) is 0 Å². The molecule has 0 saturated carbocycles. The van der Waals surface area contributed by atoms with Gasteiger partial charge in [-0.1, -0.05) is 251 Å². The molecular formula is C43H90N2. The first-order chi connectivity index (χ1) is 22.3. The van der Waals surface area contributed by atoms with Crippen molar-refractivity contribution in [2.24, 2.45) is 11.5 Å². The van der Waals surface area contributed by atoms with Crippen LogP contribution >= 0.6 is 0 Å². The van der Waals surface area contributed by atoms with E-state index in [9.17, 15) is 0 Å². The molecule has 1 unspecified atom stereocenters. The summed E-state index contributed by atoms with van der Waals surface area (Å²) in [5, 5.41) is 0. The molecule has 0 aliphatic carbocycles. The summed E-state index contributed by atoms with van der Waals surface area (Å²) in [7, 11) is 0. The first kappa shape index (κ1) is 44.9. The maximum absolute atomic E-state index is 6.03. The molecule has 0 spiro atoms. The zero-order valence-corrected chi connectivity index (χ0v) is 31.7. The zero-order chi connectivity index (χ0) is 32.6. The van der Waals surface area contributed by atoms with Crippen LogP contribution in [-0.2, 0) is 0 Å². The SMILES string of the molecule is CCCCCCCCCCCCCCCCCCCCCCCCCCCCCCCCCCCCCCCCC(N)CCN. The van der Waals surface area contributed by atoms with Gasteiger partial charge in [0.05, 0.1) is 0 Å². The van der Waals surface area contributed by atoms with Crippen LogP contribution in [0, 0.1) is 0 Å². The van der Waals surface area contributed by atoms with E-state index < -0.39 is 0 Å². The Morgan fingerprint density at radius 2 is 0.444 bits per heavy atom. The summed E-state index contributed by atoms with van der Waals surface area (Å²) in [6.07, 6.45) is 57.9. The zero-order valence-electron chi connectivity index (χ0n) is 31.7.